The van der Waals surface area contributed by atoms with Gasteiger partial charge in [-0.25, -0.2) is 19.2 Å². The topological polar surface area (TPSA) is 89.3 Å². The largest absolute Gasteiger partial charge is 0.453 e. The van der Waals surface area contributed by atoms with E-state index in [9.17, 15) is 14.0 Å². The lowest BCUT2D eigenvalue weighted by atomic mass is 10.00. The van der Waals surface area contributed by atoms with Crippen molar-refractivity contribution in [2.75, 3.05) is 23.9 Å². The molecule has 34 heavy (non-hydrogen) atoms. The number of methoxy groups -OCH3 is 1. The Kier molecular flexibility index (Phi) is 5.45. The van der Waals surface area contributed by atoms with E-state index in [2.05, 4.69) is 20.0 Å². The first-order valence-corrected chi connectivity index (χ1v) is 10.8. The summed E-state index contributed by atoms with van der Waals surface area (Å²) in [5, 5.41) is 2.51. The van der Waals surface area contributed by atoms with Crippen molar-refractivity contribution in [1.82, 2.24) is 14.5 Å². The third-order valence-electron chi connectivity index (χ3n) is 5.94. The third kappa shape index (κ3) is 3.85. The highest BCUT2D eigenvalue weighted by Crippen LogP contribution is 2.30. The highest BCUT2D eigenvalue weighted by Gasteiger charge is 2.25. The number of amides is 2. The zero-order chi connectivity index (χ0) is 23.8. The fourth-order valence-electron chi connectivity index (χ4n) is 4.31. The SMILES string of the molecule is COC(=O)Nc1ccc(-n2cnc3c(C)cc(C(=O)N4CCCc5cc(F)ccc54)cc32)cn1. The molecule has 0 saturated heterocycles. The monoisotopic (exact) mass is 459 g/mol. The van der Waals surface area contributed by atoms with E-state index in [0.29, 0.717) is 17.9 Å². The first kappa shape index (κ1) is 21.6. The second-order valence-electron chi connectivity index (χ2n) is 8.13. The molecular formula is C25H22FN5O3. The van der Waals surface area contributed by atoms with Gasteiger partial charge in [-0.2, -0.15) is 0 Å². The van der Waals surface area contributed by atoms with Crippen molar-refractivity contribution < 1.29 is 18.7 Å². The van der Waals surface area contributed by atoms with Crippen LogP contribution in [0.1, 0.15) is 27.9 Å². The summed E-state index contributed by atoms with van der Waals surface area (Å²) in [4.78, 5) is 35.4. The summed E-state index contributed by atoms with van der Waals surface area (Å²) in [7, 11) is 1.28. The minimum absolute atomic E-state index is 0.138. The van der Waals surface area contributed by atoms with Crippen molar-refractivity contribution in [2.24, 2.45) is 0 Å². The van der Waals surface area contributed by atoms with E-state index < -0.39 is 6.09 Å². The Labute approximate surface area is 195 Å². The van der Waals surface area contributed by atoms with Crippen molar-refractivity contribution in [3.63, 3.8) is 0 Å². The van der Waals surface area contributed by atoms with Gasteiger partial charge in [0.1, 0.15) is 18.0 Å². The molecule has 0 fully saturated rings. The van der Waals surface area contributed by atoms with Crippen LogP contribution >= 0.6 is 0 Å². The normalized spacial score (nSPS) is 13.0. The molecule has 1 N–H and O–H groups in total. The first-order valence-electron chi connectivity index (χ1n) is 10.8. The Bertz CT molecular complexity index is 1410. The van der Waals surface area contributed by atoms with Crippen LogP contribution in [-0.4, -0.2) is 40.2 Å². The molecule has 1 aliphatic heterocycles. The highest BCUT2D eigenvalue weighted by molar-refractivity contribution is 6.08. The van der Waals surface area contributed by atoms with Gasteiger partial charge in [0, 0.05) is 17.8 Å². The number of benzene rings is 2. The average Bonchev–Trinajstić information content (AvgIpc) is 3.28. The number of nitrogens with one attached hydrogen (secondary N) is 1. The summed E-state index contributed by atoms with van der Waals surface area (Å²) < 4.78 is 20.1. The van der Waals surface area contributed by atoms with Crippen molar-refractivity contribution in [3.05, 3.63) is 77.5 Å². The van der Waals surface area contributed by atoms with Crippen LogP contribution in [0, 0.1) is 12.7 Å². The van der Waals surface area contributed by atoms with E-state index >= 15 is 0 Å². The fourth-order valence-corrected chi connectivity index (χ4v) is 4.31. The van der Waals surface area contributed by atoms with E-state index in [4.69, 9.17) is 0 Å². The van der Waals surface area contributed by atoms with Crippen molar-refractivity contribution in [1.29, 1.82) is 0 Å². The number of aryl methyl sites for hydroxylation is 2. The van der Waals surface area contributed by atoms with Crippen LogP contribution in [0.4, 0.5) is 20.7 Å². The molecule has 0 radical (unpaired) electrons. The van der Waals surface area contributed by atoms with Gasteiger partial charge >= 0.3 is 6.09 Å². The molecule has 0 saturated carbocycles. The van der Waals surface area contributed by atoms with Crippen LogP contribution in [0.5, 0.6) is 0 Å². The quantitative estimate of drug-likeness (QED) is 0.482. The average molecular weight is 459 g/mol. The van der Waals surface area contributed by atoms with Gasteiger partial charge in [-0.15, -0.1) is 0 Å². The zero-order valence-electron chi connectivity index (χ0n) is 18.7. The summed E-state index contributed by atoms with van der Waals surface area (Å²) in [5.74, 6) is -0.0797. The molecule has 1 aliphatic rings. The van der Waals surface area contributed by atoms with Crippen LogP contribution in [0.25, 0.3) is 16.7 Å². The Morgan fingerprint density at radius 2 is 1.97 bits per heavy atom. The molecule has 0 bridgehead atoms. The lowest BCUT2D eigenvalue weighted by molar-refractivity contribution is 0.0985. The van der Waals surface area contributed by atoms with Crippen molar-refractivity contribution >= 4 is 34.5 Å². The molecule has 3 heterocycles. The molecule has 0 spiro atoms. The van der Waals surface area contributed by atoms with Gasteiger partial charge in [-0.05, 0) is 73.4 Å². The summed E-state index contributed by atoms with van der Waals surface area (Å²) in [6.07, 6.45) is 4.20. The van der Waals surface area contributed by atoms with Gasteiger partial charge in [-0.1, -0.05) is 0 Å². The molecule has 9 heteroatoms. The van der Waals surface area contributed by atoms with Gasteiger partial charge in [0.25, 0.3) is 5.91 Å². The number of pyridine rings is 1. The van der Waals surface area contributed by atoms with E-state index in [1.54, 1.807) is 35.6 Å². The standard InChI is InChI=1S/C25H22FN5O3/c1-15-10-17(24(32)30-9-3-4-16-11-18(26)5-7-20(16)30)12-21-23(15)28-14-31(21)19-6-8-22(27-13-19)29-25(33)34-2/h5-8,10-14H,3-4,9H2,1-2H3,(H,27,29,33). The number of halogens is 1. The number of fused-ring (bicyclic) bond motifs is 2. The van der Waals surface area contributed by atoms with Crippen molar-refractivity contribution in [3.8, 4) is 5.69 Å². The molecular weight excluding hydrogens is 437 g/mol. The zero-order valence-corrected chi connectivity index (χ0v) is 18.7. The van der Waals surface area contributed by atoms with Gasteiger partial charge in [0.2, 0.25) is 0 Å². The summed E-state index contributed by atoms with van der Waals surface area (Å²) >= 11 is 0. The number of nitrogens with zero attached hydrogens (tertiary/aromatic N) is 4. The van der Waals surface area contributed by atoms with E-state index in [1.807, 2.05) is 23.6 Å². The Balaban J connectivity index is 1.51. The highest BCUT2D eigenvalue weighted by atomic mass is 19.1. The predicted octanol–water partition coefficient (Wildman–Crippen LogP) is 4.64. The number of ether oxygens (including phenoxy) is 1. The van der Waals surface area contributed by atoms with E-state index in [0.717, 1.165) is 46.4 Å². The molecule has 0 atom stereocenters. The van der Waals surface area contributed by atoms with Crippen LogP contribution < -0.4 is 10.2 Å². The predicted molar refractivity (Wildman–Crippen MR) is 126 cm³/mol. The third-order valence-corrected chi connectivity index (χ3v) is 5.94. The number of hydrogen-bond acceptors (Lipinski definition) is 5. The number of anilines is 2. The van der Waals surface area contributed by atoms with Crippen molar-refractivity contribution in [2.45, 2.75) is 19.8 Å². The molecule has 172 valence electrons. The molecule has 5 rings (SSSR count). The first-order chi connectivity index (χ1) is 16.4. The minimum Gasteiger partial charge on any atom is -0.453 e. The number of hydrogen-bond donors (Lipinski definition) is 1. The second-order valence-corrected chi connectivity index (χ2v) is 8.13. The molecule has 2 aromatic carbocycles. The van der Waals surface area contributed by atoms with Crippen LogP contribution in [-0.2, 0) is 11.2 Å². The maximum atomic E-state index is 13.7. The van der Waals surface area contributed by atoms with Crippen LogP contribution in [0.2, 0.25) is 0 Å². The van der Waals surface area contributed by atoms with Gasteiger partial charge < -0.3 is 9.64 Å². The van der Waals surface area contributed by atoms with Gasteiger partial charge in [0.15, 0.2) is 0 Å². The maximum absolute atomic E-state index is 13.7. The summed E-state index contributed by atoms with van der Waals surface area (Å²) in [6.45, 7) is 2.49. The number of carbonyl (C=O) groups excluding carboxylic acids is 2. The van der Waals surface area contributed by atoms with Crippen LogP contribution in [0.15, 0.2) is 55.0 Å². The second kappa shape index (κ2) is 8.58. The van der Waals surface area contributed by atoms with Gasteiger partial charge in [-0.3, -0.25) is 14.7 Å². The van der Waals surface area contributed by atoms with Crippen LogP contribution in [0.3, 0.4) is 0 Å². The Morgan fingerprint density at radius 3 is 2.74 bits per heavy atom. The molecule has 0 unspecified atom stereocenters. The molecule has 2 amide bonds. The van der Waals surface area contributed by atoms with Gasteiger partial charge in [0.05, 0.1) is 30.0 Å². The number of imidazole rings is 1. The maximum Gasteiger partial charge on any atom is 0.412 e. The summed E-state index contributed by atoms with van der Waals surface area (Å²) in [5.41, 5.74) is 5.25. The molecule has 8 nitrogen and oxygen atoms in total. The number of rotatable bonds is 3. The number of carbonyl (C=O) groups is 2. The lowest BCUT2D eigenvalue weighted by Gasteiger charge is -2.29. The van der Waals surface area contributed by atoms with E-state index in [1.165, 1.54) is 19.2 Å². The molecule has 0 aliphatic carbocycles. The van der Waals surface area contributed by atoms with E-state index in [-0.39, 0.29) is 11.7 Å². The Morgan fingerprint density at radius 1 is 1.12 bits per heavy atom. The lowest BCUT2D eigenvalue weighted by Crippen LogP contribution is -2.35. The number of aromatic nitrogens is 3. The molecule has 2 aromatic heterocycles. The fraction of sp³-hybridized carbons (Fsp3) is 0.200. The minimum atomic E-state index is -0.603. The smallest absolute Gasteiger partial charge is 0.412 e. The molecule has 4 aromatic rings. The Hall–Kier alpha value is -4.27. The summed E-state index contributed by atoms with van der Waals surface area (Å²) in [6, 6.07) is 11.7.